The van der Waals surface area contributed by atoms with Crippen molar-refractivity contribution >= 4 is 16.8 Å². The topological polar surface area (TPSA) is 67.4 Å². The first-order chi connectivity index (χ1) is 10.3. The standard InChI is InChI=1S/C16H26N2O3S/c1-16(2,3)22(20)11-10-17-15(19)18-12-14(21-4)13-8-6-5-7-9-13/h5-9,14H,10-12H2,1-4H3,(H2,17,18,19)/t14-,22-/m0/s1. The van der Waals surface area contributed by atoms with Crippen LogP contribution in [-0.4, -0.2) is 40.9 Å². The molecule has 0 aliphatic carbocycles. The van der Waals surface area contributed by atoms with Gasteiger partial charge < -0.3 is 15.4 Å². The molecule has 0 aliphatic rings. The summed E-state index contributed by atoms with van der Waals surface area (Å²) in [6.07, 6.45) is -0.185. The predicted octanol–water partition coefficient (Wildman–Crippen LogP) is 2.22. The van der Waals surface area contributed by atoms with Crippen molar-refractivity contribution in [1.82, 2.24) is 10.6 Å². The van der Waals surface area contributed by atoms with E-state index < -0.39 is 10.8 Å². The van der Waals surface area contributed by atoms with Crippen LogP contribution in [0.15, 0.2) is 30.3 Å². The Hall–Kier alpha value is -1.40. The van der Waals surface area contributed by atoms with E-state index >= 15 is 0 Å². The maximum absolute atomic E-state index is 11.9. The lowest BCUT2D eigenvalue weighted by Crippen LogP contribution is -2.40. The molecule has 1 aromatic carbocycles. The molecule has 1 aromatic rings. The van der Waals surface area contributed by atoms with E-state index in [-0.39, 0.29) is 16.9 Å². The summed E-state index contributed by atoms with van der Waals surface area (Å²) in [7, 11) is 0.650. The Morgan fingerprint density at radius 1 is 1.23 bits per heavy atom. The zero-order chi connectivity index (χ0) is 16.6. The van der Waals surface area contributed by atoms with Crippen LogP contribution in [0.2, 0.25) is 0 Å². The summed E-state index contributed by atoms with van der Waals surface area (Å²) in [6.45, 7) is 6.54. The highest BCUT2D eigenvalue weighted by molar-refractivity contribution is 7.86. The fraction of sp³-hybridized carbons (Fsp3) is 0.562. The summed E-state index contributed by atoms with van der Waals surface area (Å²) < 4.78 is 17.0. The number of carbonyl (C=O) groups excluding carboxylic acids is 1. The van der Waals surface area contributed by atoms with Crippen LogP contribution in [0.25, 0.3) is 0 Å². The summed E-state index contributed by atoms with van der Waals surface area (Å²) in [5.74, 6) is 0.448. The summed E-state index contributed by atoms with van der Waals surface area (Å²) >= 11 is 0. The number of hydrogen-bond acceptors (Lipinski definition) is 3. The van der Waals surface area contributed by atoms with Crippen LogP contribution >= 0.6 is 0 Å². The molecule has 0 aromatic heterocycles. The number of rotatable bonds is 7. The van der Waals surface area contributed by atoms with Gasteiger partial charge in [-0.05, 0) is 26.3 Å². The van der Waals surface area contributed by atoms with Crippen molar-refractivity contribution in [2.24, 2.45) is 0 Å². The van der Waals surface area contributed by atoms with E-state index in [9.17, 15) is 9.00 Å². The van der Waals surface area contributed by atoms with Crippen LogP contribution in [0.5, 0.6) is 0 Å². The lowest BCUT2D eigenvalue weighted by Gasteiger charge is -2.18. The minimum absolute atomic E-state index is 0.185. The maximum atomic E-state index is 11.9. The third kappa shape index (κ3) is 6.58. The largest absolute Gasteiger partial charge is 0.375 e. The zero-order valence-electron chi connectivity index (χ0n) is 13.7. The van der Waals surface area contributed by atoms with Gasteiger partial charge in [-0.1, -0.05) is 30.3 Å². The van der Waals surface area contributed by atoms with Gasteiger partial charge >= 0.3 is 6.03 Å². The van der Waals surface area contributed by atoms with E-state index in [4.69, 9.17) is 4.74 Å². The second kappa shape index (κ2) is 8.90. The molecule has 2 atom stereocenters. The Morgan fingerprint density at radius 3 is 2.41 bits per heavy atom. The second-order valence-corrected chi connectivity index (χ2v) is 8.26. The number of urea groups is 1. The summed E-state index contributed by atoms with van der Waals surface area (Å²) in [6, 6.07) is 9.45. The molecule has 0 heterocycles. The second-order valence-electron chi connectivity index (χ2n) is 5.93. The van der Waals surface area contributed by atoms with Crippen LogP contribution < -0.4 is 10.6 Å². The number of benzene rings is 1. The summed E-state index contributed by atoms with van der Waals surface area (Å²) in [5.41, 5.74) is 1.01. The SMILES string of the molecule is CO[C@@H](CNC(=O)NCC[S@](=O)C(C)(C)C)c1ccccc1. The van der Waals surface area contributed by atoms with Gasteiger partial charge in [0.1, 0.15) is 0 Å². The first-order valence-electron chi connectivity index (χ1n) is 7.32. The number of amides is 2. The van der Waals surface area contributed by atoms with Crippen molar-refractivity contribution < 1.29 is 13.7 Å². The van der Waals surface area contributed by atoms with Crippen molar-refractivity contribution in [3.8, 4) is 0 Å². The van der Waals surface area contributed by atoms with E-state index in [1.54, 1.807) is 7.11 Å². The van der Waals surface area contributed by atoms with Crippen LogP contribution in [0.4, 0.5) is 4.79 Å². The Balaban J connectivity index is 2.32. The molecule has 2 amide bonds. The van der Waals surface area contributed by atoms with E-state index in [0.29, 0.717) is 18.8 Å². The average molecular weight is 326 g/mol. The fourth-order valence-corrected chi connectivity index (χ4v) is 2.72. The molecule has 0 saturated heterocycles. The Kier molecular flexibility index (Phi) is 7.55. The van der Waals surface area contributed by atoms with Crippen molar-refractivity contribution in [3.05, 3.63) is 35.9 Å². The molecule has 0 unspecified atom stereocenters. The van der Waals surface area contributed by atoms with Crippen molar-refractivity contribution in [1.29, 1.82) is 0 Å². The minimum atomic E-state index is -0.965. The van der Waals surface area contributed by atoms with Gasteiger partial charge in [-0.2, -0.15) is 0 Å². The summed E-state index contributed by atoms with van der Waals surface area (Å²) in [4.78, 5) is 11.7. The number of ether oxygens (including phenoxy) is 1. The van der Waals surface area contributed by atoms with E-state index in [1.165, 1.54) is 0 Å². The number of nitrogens with one attached hydrogen (secondary N) is 2. The molecule has 22 heavy (non-hydrogen) atoms. The maximum Gasteiger partial charge on any atom is 0.314 e. The highest BCUT2D eigenvalue weighted by atomic mass is 32.2. The molecule has 5 nitrogen and oxygen atoms in total. The van der Waals surface area contributed by atoms with Crippen LogP contribution in [0, 0.1) is 0 Å². The average Bonchev–Trinajstić information content (AvgIpc) is 2.48. The van der Waals surface area contributed by atoms with Gasteiger partial charge in [0.15, 0.2) is 0 Å². The lowest BCUT2D eigenvalue weighted by atomic mass is 10.1. The van der Waals surface area contributed by atoms with Gasteiger partial charge in [0.05, 0.1) is 6.10 Å². The quantitative estimate of drug-likeness (QED) is 0.807. The Morgan fingerprint density at radius 2 is 1.86 bits per heavy atom. The zero-order valence-corrected chi connectivity index (χ0v) is 14.5. The fourth-order valence-electron chi connectivity index (χ4n) is 1.82. The van der Waals surface area contributed by atoms with E-state index in [0.717, 1.165) is 5.56 Å². The lowest BCUT2D eigenvalue weighted by molar-refractivity contribution is 0.104. The van der Waals surface area contributed by atoms with Crippen LogP contribution in [-0.2, 0) is 15.5 Å². The van der Waals surface area contributed by atoms with E-state index in [2.05, 4.69) is 10.6 Å². The van der Waals surface area contributed by atoms with Gasteiger partial charge in [0.2, 0.25) is 0 Å². The molecule has 0 radical (unpaired) electrons. The van der Waals surface area contributed by atoms with Crippen molar-refractivity contribution in [2.75, 3.05) is 26.0 Å². The van der Waals surface area contributed by atoms with Gasteiger partial charge in [-0.15, -0.1) is 0 Å². The molecular formula is C16H26N2O3S. The molecule has 1 rings (SSSR count). The normalized spacial score (nSPS) is 14.2. The predicted molar refractivity (Wildman–Crippen MR) is 90.4 cm³/mol. The summed E-state index contributed by atoms with van der Waals surface area (Å²) in [5, 5.41) is 5.49. The molecule has 0 saturated carbocycles. The number of hydrogen-bond donors (Lipinski definition) is 2. The molecular weight excluding hydrogens is 300 g/mol. The van der Waals surface area contributed by atoms with Gasteiger partial charge in [0, 0.05) is 41.5 Å². The highest BCUT2D eigenvalue weighted by Crippen LogP contribution is 2.14. The van der Waals surface area contributed by atoms with Gasteiger partial charge in [-0.25, -0.2) is 4.79 Å². The van der Waals surface area contributed by atoms with Gasteiger partial charge in [0.25, 0.3) is 0 Å². The Bertz CT molecular complexity index is 486. The van der Waals surface area contributed by atoms with Crippen LogP contribution in [0.3, 0.4) is 0 Å². The monoisotopic (exact) mass is 326 g/mol. The van der Waals surface area contributed by atoms with Crippen molar-refractivity contribution in [2.45, 2.75) is 31.6 Å². The Labute approximate surface area is 135 Å². The molecule has 0 fully saturated rings. The third-order valence-electron chi connectivity index (χ3n) is 3.16. The highest BCUT2D eigenvalue weighted by Gasteiger charge is 2.19. The first-order valence-corrected chi connectivity index (χ1v) is 8.64. The first kappa shape index (κ1) is 18.6. The minimum Gasteiger partial charge on any atom is -0.375 e. The third-order valence-corrected chi connectivity index (χ3v) is 5.10. The molecule has 0 aliphatic heterocycles. The van der Waals surface area contributed by atoms with Crippen molar-refractivity contribution in [3.63, 3.8) is 0 Å². The smallest absolute Gasteiger partial charge is 0.314 e. The molecule has 124 valence electrons. The molecule has 0 bridgehead atoms. The van der Waals surface area contributed by atoms with E-state index in [1.807, 2.05) is 51.1 Å². The molecule has 0 spiro atoms. The van der Waals surface area contributed by atoms with Gasteiger partial charge in [-0.3, -0.25) is 4.21 Å². The molecule has 2 N–H and O–H groups in total. The number of methoxy groups -OCH3 is 1. The van der Waals surface area contributed by atoms with Crippen LogP contribution in [0.1, 0.15) is 32.4 Å². The molecule has 6 heteroatoms. The number of carbonyl (C=O) groups is 1.